The number of nitriles is 1. The van der Waals surface area contributed by atoms with Gasteiger partial charge in [-0.15, -0.1) is 0 Å². The lowest BCUT2D eigenvalue weighted by atomic mass is 10.1. The van der Waals surface area contributed by atoms with Crippen molar-refractivity contribution < 1.29 is 0 Å². The minimum Gasteiger partial charge on any atom is -0.334 e. The third kappa shape index (κ3) is 3.29. The van der Waals surface area contributed by atoms with Gasteiger partial charge in [0.2, 0.25) is 0 Å². The Morgan fingerprint density at radius 1 is 1.17 bits per heavy atom. The number of aromatic nitrogens is 2. The molecule has 23 heavy (non-hydrogen) atoms. The van der Waals surface area contributed by atoms with E-state index in [1.54, 1.807) is 0 Å². The Hall–Kier alpha value is -2.16. The van der Waals surface area contributed by atoms with Gasteiger partial charge in [-0.3, -0.25) is 4.90 Å². The van der Waals surface area contributed by atoms with E-state index in [4.69, 9.17) is 4.98 Å². The van der Waals surface area contributed by atoms with E-state index in [2.05, 4.69) is 22.8 Å². The zero-order chi connectivity index (χ0) is 16.2. The third-order valence-corrected chi connectivity index (χ3v) is 4.55. The molecule has 3 rings (SSSR count). The van der Waals surface area contributed by atoms with Crippen LogP contribution < -0.4 is 0 Å². The number of hydrogen-bond acceptors (Lipinski definition) is 4. The van der Waals surface area contributed by atoms with Crippen LogP contribution in [-0.4, -0.2) is 52.1 Å². The highest BCUT2D eigenvalue weighted by molar-refractivity contribution is 5.55. The van der Waals surface area contributed by atoms with Crippen molar-refractivity contribution in [3.8, 4) is 17.5 Å². The fourth-order valence-electron chi connectivity index (χ4n) is 3.15. The van der Waals surface area contributed by atoms with Crippen molar-refractivity contribution in [1.82, 2.24) is 19.4 Å². The first-order chi connectivity index (χ1) is 11.2. The molecule has 1 aromatic heterocycles. The minimum absolute atomic E-state index is 0.266. The standard InChI is InChI=1S/C18H23N5/c1-3-22-9-11-23(12-10-22)17(13-19)16-14-21(2)18(20-16)15-7-5-4-6-8-15/h4-8,14,17H,3,9-12H2,1-2H3. The maximum Gasteiger partial charge on any atom is 0.142 e. The van der Waals surface area contributed by atoms with Crippen LogP contribution in [0.4, 0.5) is 0 Å². The summed E-state index contributed by atoms with van der Waals surface area (Å²) in [5, 5.41) is 9.67. The van der Waals surface area contributed by atoms with E-state index in [0.717, 1.165) is 49.8 Å². The Bertz CT molecular complexity index is 677. The molecule has 1 fully saturated rings. The van der Waals surface area contributed by atoms with E-state index < -0.39 is 0 Å². The first-order valence-corrected chi connectivity index (χ1v) is 8.17. The number of benzene rings is 1. The van der Waals surface area contributed by atoms with Crippen LogP contribution in [0.2, 0.25) is 0 Å². The summed E-state index contributed by atoms with van der Waals surface area (Å²) in [6, 6.07) is 12.3. The summed E-state index contributed by atoms with van der Waals surface area (Å²) in [4.78, 5) is 9.41. The van der Waals surface area contributed by atoms with Crippen LogP contribution in [0.5, 0.6) is 0 Å². The molecule has 0 N–H and O–H groups in total. The maximum atomic E-state index is 9.67. The highest BCUT2D eigenvalue weighted by Gasteiger charge is 2.26. The zero-order valence-corrected chi connectivity index (χ0v) is 13.8. The third-order valence-electron chi connectivity index (χ3n) is 4.55. The van der Waals surface area contributed by atoms with Crippen LogP contribution in [0.1, 0.15) is 18.7 Å². The Balaban J connectivity index is 1.82. The predicted octanol–water partition coefficient (Wildman–Crippen LogP) is 2.29. The van der Waals surface area contributed by atoms with Crippen LogP contribution >= 0.6 is 0 Å². The molecule has 0 aliphatic carbocycles. The molecule has 0 bridgehead atoms. The average molecular weight is 309 g/mol. The smallest absolute Gasteiger partial charge is 0.142 e. The number of hydrogen-bond donors (Lipinski definition) is 0. The molecular weight excluding hydrogens is 286 g/mol. The summed E-state index contributed by atoms with van der Waals surface area (Å²) in [5.41, 5.74) is 1.92. The van der Waals surface area contributed by atoms with Crippen molar-refractivity contribution in [2.75, 3.05) is 32.7 Å². The van der Waals surface area contributed by atoms with Crippen molar-refractivity contribution in [2.45, 2.75) is 13.0 Å². The molecule has 2 heterocycles. The molecule has 1 aliphatic heterocycles. The van der Waals surface area contributed by atoms with E-state index in [0.29, 0.717) is 0 Å². The van der Waals surface area contributed by atoms with Crippen molar-refractivity contribution in [3.05, 3.63) is 42.2 Å². The molecule has 1 aliphatic rings. The van der Waals surface area contributed by atoms with E-state index in [1.807, 2.05) is 48.1 Å². The largest absolute Gasteiger partial charge is 0.334 e. The summed E-state index contributed by atoms with van der Waals surface area (Å²) in [6.45, 7) is 7.14. The van der Waals surface area contributed by atoms with Gasteiger partial charge >= 0.3 is 0 Å². The van der Waals surface area contributed by atoms with E-state index in [9.17, 15) is 5.26 Å². The van der Waals surface area contributed by atoms with Crippen molar-refractivity contribution in [2.24, 2.45) is 7.05 Å². The monoisotopic (exact) mass is 309 g/mol. The van der Waals surface area contributed by atoms with Crippen LogP contribution in [-0.2, 0) is 7.05 Å². The highest BCUT2D eigenvalue weighted by Crippen LogP contribution is 2.25. The fourth-order valence-corrected chi connectivity index (χ4v) is 3.15. The number of nitrogens with zero attached hydrogens (tertiary/aromatic N) is 5. The van der Waals surface area contributed by atoms with Crippen molar-refractivity contribution in [1.29, 1.82) is 5.26 Å². The van der Waals surface area contributed by atoms with Gasteiger partial charge in [-0.05, 0) is 6.54 Å². The van der Waals surface area contributed by atoms with Crippen molar-refractivity contribution in [3.63, 3.8) is 0 Å². The van der Waals surface area contributed by atoms with E-state index in [1.165, 1.54) is 0 Å². The molecular formula is C18H23N5. The minimum atomic E-state index is -0.266. The average Bonchev–Trinajstić information content (AvgIpc) is 2.98. The normalized spacial score (nSPS) is 17.8. The Morgan fingerprint density at radius 2 is 1.87 bits per heavy atom. The van der Waals surface area contributed by atoms with Gasteiger partial charge < -0.3 is 9.47 Å². The predicted molar refractivity (Wildman–Crippen MR) is 90.7 cm³/mol. The van der Waals surface area contributed by atoms with Gasteiger partial charge in [-0.25, -0.2) is 4.98 Å². The molecule has 1 aromatic carbocycles. The van der Waals surface area contributed by atoms with E-state index >= 15 is 0 Å². The second kappa shape index (κ2) is 6.95. The van der Waals surface area contributed by atoms with Gasteiger partial charge in [-0.1, -0.05) is 37.3 Å². The SMILES string of the molecule is CCN1CCN(C(C#N)c2cn(C)c(-c3ccccc3)n2)CC1. The van der Waals surface area contributed by atoms with Crippen LogP contribution in [0.25, 0.3) is 11.4 Å². The van der Waals surface area contributed by atoms with Crippen LogP contribution in [0.15, 0.2) is 36.5 Å². The van der Waals surface area contributed by atoms with Gasteiger partial charge in [0.15, 0.2) is 0 Å². The number of piperazine rings is 1. The van der Waals surface area contributed by atoms with Crippen molar-refractivity contribution >= 4 is 0 Å². The molecule has 1 saturated heterocycles. The molecule has 2 aromatic rings. The van der Waals surface area contributed by atoms with Gasteiger partial charge in [0.05, 0.1) is 11.8 Å². The molecule has 0 amide bonds. The lowest BCUT2D eigenvalue weighted by Gasteiger charge is -2.35. The Morgan fingerprint density at radius 3 is 2.48 bits per heavy atom. The summed E-state index contributed by atoms with van der Waals surface area (Å²) >= 11 is 0. The summed E-state index contributed by atoms with van der Waals surface area (Å²) in [6.07, 6.45) is 1.99. The molecule has 1 atom stereocenters. The fraction of sp³-hybridized carbons (Fsp3) is 0.444. The van der Waals surface area contributed by atoms with Gasteiger partial charge in [-0.2, -0.15) is 5.26 Å². The molecule has 120 valence electrons. The molecule has 1 unspecified atom stereocenters. The lowest BCUT2D eigenvalue weighted by molar-refractivity contribution is 0.117. The van der Waals surface area contributed by atoms with Gasteiger partial charge in [0.25, 0.3) is 0 Å². The maximum absolute atomic E-state index is 9.67. The van der Waals surface area contributed by atoms with E-state index in [-0.39, 0.29) is 6.04 Å². The number of aryl methyl sites for hydroxylation is 1. The number of rotatable bonds is 4. The van der Waals surface area contributed by atoms with Crippen LogP contribution in [0, 0.1) is 11.3 Å². The Labute approximate surface area is 137 Å². The molecule has 5 heteroatoms. The first-order valence-electron chi connectivity index (χ1n) is 8.17. The quantitative estimate of drug-likeness (QED) is 0.869. The molecule has 0 radical (unpaired) electrons. The summed E-state index contributed by atoms with van der Waals surface area (Å²) < 4.78 is 2.01. The zero-order valence-electron chi connectivity index (χ0n) is 13.8. The second-order valence-electron chi connectivity index (χ2n) is 5.97. The van der Waals surface area contributed by atoms with Crippen LogP contribution in [0.3, 0.4) is 0 Å². The molecule has 5 nitrogen and oxygen atoms in total. The topological polar surface area (TPSA) is 48.1 Å². The lowest BCUT2D eigenvalue weighted by Crippen LogP contribution is -2.47. The second-order valence-corrected chi connectivity index (χ2v) is 5.97. The summed E-state index contributed by atoms with van der Waals surface area (Å²) in [7, 11) is 1.99. The van der Waals surface area contributed by atoms with Gasteiger partial charge in [0, 0.05) is 45.0 Å². The first kappa shape index (κ1) is 15.7. The number of likely N-dealkylation sites (N-methyl/N-ethyl adjacent to an activating group) is 1. The molecule has 0 saturated carbocycles. The molecule has 0 spiro atoms. The highest BCUT2D eigenvalue weighted by atomic mass is 15.3. The van der Waals surface area contributed by atoms with Gasteiger partial charge in [0.1, 0.15) is 11.9 Å². The number of imidazole rings is 1. The Kier molecular flexibility index (Phi) is 4.75. The summed E-state index contributed by atoms with van der Waals surface area (Å²) in [5.74, 6) is 0.910.